The van der Waals surface area contributed by atoms with Crippen LogP contribution in [0.3, 0.4) is 0 Å². The monoisotopic (exact) mass is 349 g/mol. The molecule has 5 nitrogen and oxygen atoms in total. The van der Waals surface area contributed by atoms with Crippen LogP contribution in [0.2, 0.25) is 0 Å². The van der Waals surface area contributed by atoms with Crippen molar-refractivity contribution in [3.05, 3.63) is 33.4 Å². The van der Waals surface area contributed by atoms with E-state index < -0.39 is 17.9 Å². The maximum atomic E-state index is 11.7. The Hall–Kier alpha value is -1.15. The van der Waals surface area contributed by atoms with Gasteiger partial charge in [0.05, 0.1) is 0 Å². The van der Waals surface area contributed by atoms with Crippen molar-refractivity contribution < 1.29 is 19.8 Å². The largest absolute Gasteiger partial charge is 0.480 e. The lowest BCUT2D eigenvalue weighted by Crippen LogP contribution is -2.41. The number of aliphatic hydroxyl groups excluding tert-OH is 1. The van der Waals surface area contributed by atoms with Crippen molar-refractivity contribution >= 4 is 34.5 Å². The molecular weight excluding hydrogens is 337 g/mol. The molecule has 0 bridgehead atoms. The normalized spacial score (nSPS) is 11.9. The fourth-order valence-electron chi connectivity index (χ4n) is 1.26. The van der Waals surface area contributed by atoms with Crippen molar-refractivity contribution in [3.63, 3.8) is 0 Å². The lowest BCUT2D eigenvalue weighted by Gasteiger charge is -2.13. The highest BCUT2D eigenvalue weighted by Crippen LogP contribution is 2.08. The lowest BCUT2D eigenvalue weighted by atomic mass is 10.1. The zero-order chi connectivity index (χ0) is 12.8. The third kappa shape index (κ3) is 4.31. The Morgan fingerprint density at radius 2 is 2.12 bits per heavy atom. The summed E-state index contributed by atoms with van der Waals surface area (Å²) in [6.07, 6.45) is -0.00893. The maximum Gasteiger partial charge on any atom is 0.326 e. The maximum absolute atomic E-state index is 11.7. The Bertz CT molecular complexity index is 422. The van der Waals surface area contributed by atoms with E-state index in [0.29, 0.717) is 5.56 Å². The van der Waals surface area contributed by atoms with E-state index in [1.54, 1.807) is 18.2 Å². The molecule has 0 aliphatic heterocycles. The van der Waals surface area contributed by atoms with Gasteiger partial charge < -0.3 is 15.5 Å². The van der Waals surface area contributed by atoms with Crippen LogP contribution >= 0.6 is 22.6 Å². The summed E-state index contributed by atoms with van der Waals surface area (Å²) < 4.78 is 0.893. The number of hydrogen-bond acceptors (Lipinski definition) is 3. The second-order valence-corrected chi connectivity index (χ2v) is 4.63. The van der Waals surface area contributed by atoms with Gasteiger partial charge in [0.1, 0.15) is 6.04 Å². The van der Waals surface area contributed by atoms with Gasteiger partial charge in [-0.05, 0) is 40.8 Å². The molecule has 1 atom stereocenters. The smallest absolute Gasteiger partial charge is 0.326 e. The van der Waals surface area contributed by atoms with Crippen molar-refractivity contribution in [1.82, 2.24) is 5.32 Å². The first-order chi connectivity index (χ1) is 8.04. The minimum atomic E-state index is -1.15. The molecule has 0 heterocycles. The van der Waals surface area contributed by atoms with Crippen LogP contribution < -0.4 is 5.32 Å². The average molecular weight is 349 g/mol. The van der Waals surface area contributed by atoms with Crippen LogP contribution in [0.15, 0.2) is 24.3 Å². The Morgan fingerprint density at radius 3 is 2.65 bits per heavy atom. The van der Waals surface area contributed by atoms with Crippen LogP contribution in [-0.2, 0) is 4.79 Å². The van der Waals surface area contributed by atoms with E-state index >= 15 is 0 Å². The first-order valence-corrected chi connectivity index (χ1v) is 6.02. The number of amides is 1. The van der Waals surface area contributed by atoms with E-state index in [2.05, 4.69) is 27.9 Å². The zero-order valence-electron chi connectivity index (χ0n) is 8.89. The number of aliphatic hydroxyl groups is 1. The summed E-state index contributed by atoms with van der Waals surface area (Å²) in [5, 5.41) is 19.9. The zero-order valence-corrected chi connectivity index (χ0v) is 11.0. The second-order valence-electron chi connectivity index (χ2n) is 3.39. The van der Waals surface area contributed by atoms with Gasteiger partial charge in [-0.1, -0.05) is 6.07 Å². The lowest BCUT2D eigenvalue weighted by molar-refractivity contribution is -0.139. The van der Waals surface area contributed by atoms with E-state index in [4.69, 9.17) is 10.2 Å². The van der Waals surface area contributed by atoms with Crippen LogP contribution in [0.1, 0.15) is 16.8 Å². The molecular formula is C11H12INO4. The molecule has 1 amide bonds. The predicted molar refractivity (Wildman–Crippen MR) is 69.8 cm³/mol. The summed E-state index contributed by atoms with van der Waals surface area (Å²) in [5.41, 5.74) is 0.404. The molecule has 3 N–H and O–H groups in total. The number of carboxylic acids is 1. The van der Waals surface area contributed by atoms with Gasteiger partial charge >= 0.3 is 5.97 Å². The average Bonchev–Trinajstić information content (AvgIpc) is 2.28. The molecule has 0 spiro atoms. The number of benzene rings is 1. The summed E-state index contributed by atoms with van der Waals surface area (Å²) in [7, 11) is 0. The van der Waals surface area contributed by atoms with Gasteiger partial charge in [-0.2, -0.15) is 0 Å². The fourth-order valence-corrected chi connectivity index (χ4v) is 1.80. The molecule has 1 aromatic carbocycles. The van der Waals surface area contributed by atoms with Gasteiger partial charge in [0, 0.05) is 22.2 Å². The number of nitrogens with one attached hydrogen (secondary N) is 1. The molecule has 0 unspecified atom stereocenters. The highest BCUT2D eigenvalue weighted by Gasteiger charge is 2.19. The number of rotatable bonds is 5. The van der Waals surface area contributed by atoms with E-state index in [9.17, 15) is 9.59 Å². The summed E-state index contributed by atoms with van der Waals surface area (Å²) >= 11 is 2.07. The quantitative estimate of drug-likeness (QED) is 0.688. The van der Waals surface area contributed by atoms with Gasteiger partial charge in [0.15, 0.2) is 0 Å². The van der Waals surface area contributed by atoms with Crippen LogP contribution in [0, 0.1) is 3.57 Å². The molecule has 92 valence electrons. The topological polar surface area (TPSA) is 86.6 Å². The Labute approximate surface area is 112 Å². The van der Waals surface area contributed by atoms with Crippen LogP contribution in [0.5, 0.6) is 0 Å². The highest BCUT2D eigenvalue weighted by molar-refractivity contribution is 14.1. The molecule has 0 fully saturated rings. The molecule has 1 aromatic rings. The highest BCUT2D eigenvalue weighted by atomic mass is 127. The standard InChI is InChI=1S/C11H12INO4/c12-8-3-1-2-7(6-8)10(15)13-9(4-5-14)11(16)17/h1-3,6,9,14H,4-5H2,(H,13,15)(H,16,17)/t9-/m0/s1. The number of halogens is 1. The van der Waals surface area contributed by atoms with Crippen LogP contribution in [0.4, 0.5) is 0 Å². The molecule has 0 radical (unpaired) electrons. The number of carbonyl (C=O) groups excluding carboxylic acids is 1. The number of hydrogen-bond donors (Lipinski definition) is 3. The first kappa shape index (κ1) is 13.9. The minimum Gasteiger partial charge on any atom is -0.480 e. The van der Waals surface area contributed by atoms with Gasteiger partial charge in [-0.15, -0.1) is 0 Å². The van der Waals surface area contributed by atoms with Crippen molar-refractivity contribution in [1.29, 1.82) is 0 Å². The fraction of sp³-hybridized carbons (Fsp3) is 0.273. The van der Waals surface area contributed by atoms with E-state index in [1.807, 2.05) is 6.07 Å². The Morgan fingerprint density at radius 1 is 1.41 bits per heavy atom. The molecule has 0 aromatic heterocycles. The van der Waals surface area contributed by atoms with Gasteiger partial charge in [0.25, 0.3) is 5.91 Å². The van der Waals surface area contributed by atoms with Crippen molar-refractivity contribution in [2.75, 3.05) is 6.61 Å². The molecule has 0 aliphatic rings. The first-order valence-electron chi connectivity index (χ1n) is 4.94. The van der Waals surface area contributed by atoms with Crippen LogP contribution in [-0.4, -0.2) is 34.7 Å². The molecule has 6 heteroatoms. The summed E-state index contributed by atoms with van der Waals surface area (Å²) in [6, 6.07) is 5.76. The van der Waals surface area contributed by atoms with E-state index in [0.717, 1.165) is 3.57 Å². The second kappa shape index (κ2) is 6.55. The van der Waals surface area contributed by atoms with Gasteiger partial charge in [0.2, 0.25) is 0 Å². The van der Waals surface area contributed by atoms with Crippen molar-refractivity contribution in [2.45, 2.75) is 12.5 Å². The molecule has 0 saturated heterocycles. The Kier molecular flexibility index (Phi) is 5.36. The number of carboxylic acid groups (broad SMARTS) is 1. The van der Waals surface area contributed by atoms with Crippen molar-refractivity contribution in [3.8, 4) is 0 Å². The molecule has 0 aliphatic carbocycles. The Balaban J connectivity index is 2.73. The van der Waals surface area contributed by atoms with Crippen molar-refractivity contribution in [2.24, 2.45) is 0 Å². The summed E-state index contributed by atoms with van der Waals surface area (Å²) in [6.45, 7) is -0.288. The number of carbonyl (C=O) groups is 2. The van der Waals surface area contributed by atoms with E-state index in [1.165, 1.54) is 0 Å². The van der Waals surface area contributed by atoms with Gasteiger partial charge in [-0.25, -0.2) is 4.79 Å². The van der Waals surface area contributed by atoms with E-state index in [-0.39, 0.29) is 13.0 Å². The van der Waals surface area contributed by atoms with Gasteiger partial charge in [-0.3, -0.25) is 4.79 Å². The summed E-state index contributed by atoms with van der Waals surface area (Å²) in [5.74, 6) is -1.61. The third-order valence-corrected chi connectivity index (χ3v) is 2.78. The van der Waals surface area contributed by atoms with Crippen LogP contribution in [0.25, 0.3) is 0 Å². The number of aliphatic carboxylic acids is 1. The predicted octanol–water partition coefficient (Wildman–Crippen LogP) is 0.857. The molecule has 1 rings (SSSR count). The minimum absolute atomic E-state index is 0.00893. The molecule has 0 saturated carbocycles. The summed E-state index contributed by atoms with van der Waals surface area (Å²) in [4.78, 5) is 22.5. The third-order valence-electron chi connectivity index (χ3n) is 2.11. The SMILES string of the molecule is O=C(N[C@@H](CCO)C(=O)O)c1cccc(I)c1. The molecule has 17 heavy (non-hydrogen) atoms.